The van der Waals surface area contributed by atoms with Crippen LogP contribution < -0.4 is 10.5 Å². The van der Waals surface area contributed by atoms with Crippen molar-refractivity contribution in [1.82, 2.24) is 0 Å². The van der Waals surface area contributed by atoms with Crippen LogP contribution in [0.2, 0.25) is 0 Å². The number of nitrogens with two attached hydrogens (primary N) is 1. The van der Waals surface area contributed by atoms with Gasteiger partial charge in [-0.05, 0) is 30.7 Å². The normalized spacial score (nSPS) is 11.6. The molecule has 1 aromatic rings. The van der Waals surface area contributed by atoms with Crippen LogP contribution in [0.1, 0.15) is 18.1 Å². The van der Waals surface area contributed by atoms with Gasteiger partial charge in [-0.3, -0.25) is 0 Å². The average molecular weight is 233 g/mol. The van der Waals surface area contributed by atoms with Gasteiger partial charge in [0.2, 0.25) is 0 Å². The summed E-state index contributed by atoms with van der Waals surface area (Å²) in [6, 6.07) is 2.02. The van der Waals surface area contributed by atoms with Gasteiger partial charge in [-0.15, -0.1) is 0 Å². The second-order valence-electron chi connectivity index (χ2n) is 3.58. The highest BCUT2D eigenvalue weighted by molar-refractivity contribution is 5.40. The molecule has 0 aliphatic heterocycles. The van der Waals surface area contributed by atoms with Crippen molar-refractivity contribution in [2.45, 2.75) is 19.3 Å². The van der Waals surface area contributed by atoms with E-state index in [9.17, 15) is 13.2 Å². The third-order valence-electron chi connectivity index (χ3n) is 2.25. The van der Waals surface area contributed by atoms with Crippen molar-refractivity contribution in [1.29, 1.82) is 0 Å². The Bertz CT molecular complexity index is 374. The maximum Gasteiger partial charge on any atom is 0.270 e. The molecule has 0 aliphatic rings. The van der Waals surface area contributed by atoms with Gasteiger partial charge in [0.05, 0.1) is 7.11 Å². The number of halogens is 3. The van der Waals surface area contributed by atoms with Crippen molar-refractivity contribution in [2.24, 2.45) is 5.73 Å². The van der Waals surface area contributed by atoms with Crippen LogP contribution in [0, 0.1) is 5.82 Å². The molecule has 16 heavy (non-hydrogen) atoms. The summed E-state index contributed by atoms with van der Waals surface area (Å²) in [4.78, 5) is 0. The minimum Gasteiger partial charge on any atom is -0.493 e. The summed E-state index contributed by atoms with van der Waals surface area (Å²) in [5.41, 5.74) is 5.32. The van der Waals surface area contributed by atoms with Gasteiger partial charge in [-0.25, -0.2) is 13.2 Å². The van der Waals surface area contributed by atoms with Crippen molar-refractivity contribution in [3.05, 3.63) is 29.1 Å². The highest BCUT2D eigenvalue weighted by atomic mass is 19.3. The third kappa shape index (κ3) is 2.66. The topological polar surface area (TPSA) is 35.2 Å². The van der Waals surface area contributed by atoms with Crippen molar-refractivity contribution in [3.8, 4) is 5.75 Å². The maximum absolute atomic E-state index is 13.5. The summed E-state index contributed by atoms with van der Waals surface area (Å²) in [5, 5.41) is 0. The van der Waals surface area contributed by atoms with Crippen molar-refractivity contribution in [3.63, 3.8) is 0 Å². The Labute approximate surface area is 92.2 Å². The van der Waals surface area contributed by atoms with E-state index >= 15 is 0 Å². The molecule has 90 valence electrons. The molecule has 0 fully saturated rings. The van der Waals surface area contributed by atoms with Gasteiger partial charge in [0.25, 0.3) is 5.92 Å². The summed E-state index contributed by atoms with van der Waals surface area (Å²) in [6.07, 6.45) is 0.296. The molecule has 0 amide bonds. The molecule has 1 aromatic carbocycles. The van der Waals surface area contributed by atoms with Crippen LogP contribution in [0.5, 0.6) is 5.75 Å². The van der Waals surface area contributed by atoms with Gasteiger partial charge in [0, 0.05) is 12.5 Å². The molecule has 2 N–H and O–H groups in total. The number of rotatable bonds is 4. The summed E-state index contributed by atoms with van der Waals surface area (Å²) in [6.45, 7) is 0.967. The van der Waals surface area contributed by atoms with E-state index in [-0.39, 0.29) is 17.9 Å². The first-order valence-corrected chi connectivity index (χ1v) is 4.85. The highest BCUT2D eigenvalue weighted by Gasteiger charge is 2.27. The fraction of sp³-hybridized carbons (Fsp3) is 0.455. The molecular formula is C11H14F3NO. The molecule has 0 spiro atoms. The molecule has 2 nitrogen and oxygen atoms in total. The number of alkyl halides is 2. The van der Waals surface area contributed by atoms with Crippen LogP contribution >= 0.6 is 0 Å². The maximum atomic E-state index is 13.5. The zero-order valence-corrected chi connectivity index (χ0v) is 9.19. The lowest BCUT2D eigenvalue weighted by Gasteiger charge is -2.15. The monoisotopic (exact) mass is 233 g/mol. The van der Waals surface area contributed by atoms with E-state index < -0.39 is 11.7 Å². The number of methoxy groups -OCH3 is 1. The van der Waals surface area contributed by atoms with E-state index in [0.29, 0.717) is 12.0 Å². The van der Waals surface area contributed by atoms with Crippen molar-refractivity contribution < 1.29 is 17.9 Å². The molecule has 0 heterocycles. The highest BCUT2D eigenvalue weighted by Crippen LogP contribution is 2.33. The second-order valence-corrected chi connectivity index (χ2v) is 3.58. The Hall–Kier alpha value is -1.23. The largest absolute Gasteiger partial charge is 0.493 e. The first-order valence-electron chi connectivity index (χ1n) is 4.85. The average Bonchev–Trinajstić information content (AvgIpc) is 2.16. The molecule has 0 bridgehead atoms. The minimum absolute atomic E-state index is 0.0153. The second kappa shape index (κ2) is 4.74. The zero-order valence-electron chi connectivity index (χ0n) is 9.19. The first-order chi connectivity index (χ1) is 7.40. The smallest absolute Gasteiger partial charge is 0.270 e. The summed E-state index contributed by atoms with van der Waals surface area (Å²) >= 11 is 0. The van der Waals surface area contributed by atoms with E-state index in [1.54, 1.807) is 0 Å². The Balaban J connectivity index is 3.28. The Kier molecular flexibility index (Phi) is 3.80. The van der Waals surface area contributed by atoms with Crippen LogP contribution in [0.25, 0.3) is 0 Å². The Morgan fingerprint density at radius 2 is 2.00 bits per heavy atom. The third-order valence-corrected chi connectivity index (χ3v) is 2.25. The lowest BCUT2D eigenvalue weighted by atomic mass is 10.0. The lowest BCUT2D eigenvalue weighted by Crippen LogP contribution is -2.11. The van der Waals surface area contributed by atoms with Crippen molar-refractivity contribution in [2.75, 3.05) is 13.7 Å². The van der Waals surface area contributed by atoms with Gasteiger partial charge < -0.3 is 10.5 Å². The fourth-order valence-electron chi connectivity index (χ4n) is 1.47. The van der Waals surface area contributed by atoms with Gasteiger partial charge in [-0.2, -0.15) is 0 Å². The molecule has 0 unspecified atom stereocenters. The molecule has 0 saturated carbocycles. The number of hydrogen-bond acceptors (Lipinski definition) is 2. The standard InChI is InChI=1S/C11H14F3NO/c1-11(13,14)8-5-7(3-4-15)10(16-2)9(12)6-8/h5-6H,3-4,15H2,1-2H3. The van der Waals surface area contributed by atoms with E-state index in [4.69, 9.17) is 10.5 Å². The zero-order chi connectivity index (χ0) is 12.3. The van der Waals surface area contributed by atoms with Gasteiger partial charge in [0.15, 0.2) is 11.6 Å². The lowest BCUT2D eigenvalue weighted by molar-refractivity contribution is 0.0170. The minimum atomic E-state index is -3.07. The van der Waals surface area contributed by atoms with Crippen LogP contribution in [-0.2, 0) is 12.3 Å². The Morgan fingerprint density at radius 1 is 1.38 bits per heavy atom. The fourth-order valence-corrected chi connectivity index (χ4v) is 1.47. The Morgan fingerprint density at radius 3 is 2.44 bits per heavy atom. The van der Waals surface area contributed by atoms with E-state index in [0.717, 1.165) is 13.0 Å². The number of benzene rings is 1. The van der Waals surface area contributed by atoms with Crippen LogP contribution in [0.3, 0.4) is 0 Å². The number of ether oxygens (including phenoxy) is 1. The molecule has 1 rings (SSSR count). The summed E-state index contributed by atoms with van der Waals surface area (Å²) < 4.78 is 44.4. The predicted octanol–water partition coefficient (Wildman–Crippen LogP) is 2.45. The van der Waals surface area contributed by atoms with E-state index in [1.807, 2.05) is 0 Å². The van der Waals surface area contributed by atoms with Crippen LogP contribution in [-0.4, -0.2) is 13.7 Å². The quantitative estimate of drug-likeness (QED) is 0.866. The molecule has 0 aliphatic carbocycles. The number of hydrogen-bond donors (Lipinski definition) is 1. The molecule has 0 aromatic heterocycles. The predicted molar refractivity (Wildman–Crippen MR) is 55.3 cm³/mol. The van der Waals surface area contributed by atoms with E-state index in [2.05, 4.69) is 0 Å². The molecular weight excluding hydrogens is 219 g/mol. The van der Waals surface area contributed by atoms with Crippen molar-refractivity contribution >= 4 is 0 Å². The first kappa shape index (κ1) is 12.8. The summed E-state index contributed by atoms with van der Waals surface area (Å²) in [5.74, 6) is -3.88. The van der Waals surface area contributed by atoms with Gasteiger partial charge in [-0.1, -0.05) is 0 Å². The molecule has 0 radical (unpaired) electrons. The molecule has 0 saturated heterocycles. The molecule has 0 atom stereocenters. The van der Waals surface area contributed by atoms with Crippen LogP contribution in [0.4, 0.5) is 13.2 Å². The van der Waals surface area contributed by atoms with Gasteiger partial charge in [0.1, 0.15) is 0 Å². The molecule has 5 heteroatoms. The van der Waals surface area contributed by atoms with Gasteiger partial charge >= 0.3 is 0 Å². The SMILES string of the molecule is COc1c(F)cc(C(C)(F)F)cc1CCN. The summed E-state index contributed by atoms with van der Waals surface area (Å²) in [7, 11) is 1.29. The van der Waals surface area contributed by atoms with Crippen LogP contribution in [0.15, 0.2) is 12.1 Å². The van der Waals surface area contributed by atoms with E-state index in [1.165, 1.54) is 13.2 Å².